The van der Waals surface area contributed by atoms with Crippen LogP contribution in [0.15, 0.2) is 125 Å². The van der Waals surface area contributed by atoms with E-state index in [0.29, 0.717) is 43.8 Å². The van der Waals surface area contributed by atoms with E-state index in [2.05, 4.69) is 0 Å². The monoisotopic (exact) mass is 482 g/mol. The Labute approximate surface area is 210 Å². The van der Waals surface area contributed by atoms with Gasteiger partial charge in [-0.05, 0) is 66.7 Å². The third kappa shape index (κ3) is 3.07. The third-order valence-corrected chi connectivity index (χ3v) is 6.95. The van der Waals surface area contributed by atoms with Crippen LogP contribution < -0.4 is 15.8 Å². The first kappa shape index (κ1) is 21.3. The average molecular weight is 483 g/mol. The smallest absolute Gasteiger partial charge is 0.199 e. The van der Waals surface area contributed by atoms with E-state index in [9.17, 15) is 14.0 Å². The van der Waals surface area contributed by atoms with Crippen LogP contribution in [-0.2, 0) is 0 Å². The van der Waals surface area contributed by atoms with Gasteiger partial charge in [-0.25, -0.2) is 4.39 Å². The van der Waals surface area contributed by atoms with Gasteiger partial charge in [0.25, 0.3) is 0 Å². The summed E-state index contributed by atoms with van der Waals surface area (Å²) in [5.74, 6) is -0.447. The molecule has 2 aromatic heterocycles. The first-order valence-corrected chi connectivity index (χ1v) is 12.0. The maximum absolute atomic E-state index is 14.5. The number of hydrogen-bond acceptors (Lipinski definition) is 3. The van der Waals surface area contributed by atoms with Crippen molar-refractivity contribution < 1.29 is 4.39 Å². The van der Waals surface area contributed by atoms with Gasteiger partial charge in [0.05, 0.1) is 27.6 Å². The Bertz CT molecular complexity index is 2050. The van der Waals surface area contributed by atoms with Crippen molar-refractivity contribution in [3.05, 3.63) is 142 Å². The molecule has 0 aliphatic rings. The molecule has 0 fully saturated rings. The largest absolute Gasteiger partial charge is 0.310 e. The highest BCUT2D eigenvalue weighted by molar-refractivity contribution is 6.10. The maximum atomic E-state index is 14.5. The number of aromatic nitrogens is 1. The van der Waals surface area contributed by atoms with Gasteiger partial charge in [0.15, 0.2) is 10.9 Å². The summed E-state index contributed by atoms with van der Waals surface area (Å²) < 4.78 is 16.4. The molecular weight excluding hydrogens is 463 g/mol. The topological polar surface area (TPSA) is 41.8 Å². The Balaban J connectivity index is 1.73. The van der Waals surface area contributed by atoms with Crippen LogP contribution in [0, 0.1) is 5.82 Å². The molecule has 0 amide bonds. The van der Waals surface area contributed by atoms with Gasteiger partial charge >= 0.3 is 0 Å². The zero-order valence-corrected chi connectivity index (χ0v) is 19.6. The van der Waals surface area contributed by atoms with E-state index < -0.39 is 5.82 Å². The minimum Gasteiger partial charge on any atom is -0.310 e. The second kappa shape index (κ2) is 8.00. The summed E-state index contributed by atoms with van der Waals surface area (Å²) in [5, 5.41) is 1.75. The third-order valence-electron chi connectivity index (χ3n) is 6.95. The van der Waals surface area contributed by atoms with Gasteiger partial charge in [-0.3, -0.25) is 9.59 Å². The molecule has 7 aromatic rings. The fraction of sp³-hybridized carbons (Fsp3) is 0. The Kier molecular flexibility index (Phi) is 4.60. The van der Waals surface area contributed by atoms with Crippen molar-refractivity contribution >= 4 is 55.2 Å². The molecular formula is C32H19FN2O2. The predicted molar refractivity (Wildman–Crippen MR) is 148 cm³/mol. The van der Waals surface area contributed by atoms with Gasteiger partial charge in [-0.15, -0.1) is 0 Å². The molecule has 0 aliphatic carbocycles. The number of fused-ring (bicyclic) bond motifs is 4. The zero-order valence-electron chi connectivity index (χ0n) is 19.6. The minimum atomic E-state index is -0.447. The van der Waals surface area contributed by atoms with Crippen LogP contribution in [0.1, 0.15) is 0 Å². The molecule has 0 saturated heterocycles. The van der Waals surface area contributed by atoms with Crippen molar-refractivity contribution in [3.8, 4) is 0 Å². The van der Waals surface area contributed by atoms with Gasteiger partial charge in [-0.1, -0.05) is 48.5 Å². The maximum Gasteiger partial charge on any atom is 0.199 e. The van der Waals surface area contributed by atoms with Crippen LogP contribution in [0.4, 0.5) is 21.5 Å². The van der Waals surface area contributed by atoms with Crippen LogP contribution in [0.25, 0.3) is 38.1 Å². The van der Waals surface area contributed by atoms with E-state index in [-0.39, 0.29) is 10.9 Å². The lowest BCUT2D eigenvalue weighted by atomic mass is 10.0. The van der Waals surface area contributed by atoms with Crippen LogP contribution >= 0.6 is 0 Å². The summed E-state index contributed by atoms with van der Waals surface area (Å²) in [6.45, 7) is 0. The van der Waals surface area contributed by atoms with E-state index in [1.165, 1.54) is 18.2 Å². The first-order valence-electron chi connectivity index (χ1n) is 12.0. The van der Waals surface area contributed by atoms with Crippen molar-refractivity contribution in [2.24, 2.45) is 0 Å². The quantitative estimate of drug-likeness (QED) is 0.198. The first-order chi connectivity index (χ1) is 18.1. The Morgan fingerprint density at radius 2 is 1.19 bits per heavy atom. The van der Waals surface area contributed by atoms with Crippen LogP contribution in [0.3, 0.4) is 0 Å². The number of halogens is 1. The fourth-order valence-corrected chi connectivity index (χ4v) is 5.40. The number of nitrogens with zero attached hydrogens (tertiary/aromatic N) is 2. The lowest BCUT2D eigenvalue weighted by molar-refractivity contribution is 0.629. The molecule has 0 saturated carbocycles. The Morgan fingerprint density at radius 1 is 0.568 bits per heavy atom. The predicted octanol–water partition coefficient (Wildman–Crippen LogP) is 7.17. The summed E-state index contributed by atoms with van der Waals surface area (Å²) in [5.41, 5.74) is 3.65. The molecule has 4 nitrogen and oxygen atoms in total. The number of rotatable bonds is 3. The Hall–Kier alpha value is -5.03. The lowest BCUT2D eigenvalue weighted by Gasteiger charge is -2.27. The van der Waals surface area contributed by atoms with Crippen molar-refractivity contribution in [1.82, 2.24) is 4.40 Å². The number of pyridine rings is 2. The van der Waals surface area contributed by atoms with E-state index >= 15 is 0 Å². The second-order valence-electron chi connectivity index (χ2n) is 9.03. The zero-order chi connectivity index (χ0) is 25.1. The molecule has 0 spiro atoms. The average Bonchev–Trinajstić information content (AvgIpc) is 2.94. The molecule has 0 N–H and O–H groups in total. The summed E-state index contributed by atoms with van der Waals surface area (Å²) >= 11 is 0. The molecule has 176 valence electrons. The van der Waals surface area contributed by atoms with E-state index in [1.807, 2.05) is 88.2 Å². The number of hydrogen-bond donors (Lipinski definition) is 0. The van der Waals surface area contributed by atoms with Crippen LogP contribution in [0.5, 0.6) is 0 Å². The molecule has 0 radical (unpaired) electrons. The molecule has 0 bridgehead atoms. The SMILES string of the molecule is O=c1c2ccc(F)cc2n2c3cccc(N(c4ccccc4)c4ccccc4)c3c(=O)c3cccc1c32. The highest BCUT2D eigenvalue weighted by atomic mass is 19.1. The second-order valence-corrected chi connectivity index (χ2v) is 9.03. The molecule has 0 atom stereocenters. The summed E-state index contributed by atoms with van der Waals surface area (Å²) in [6, 6.07) is 34.8. The van der Waals surface area contributed by atoms with Crippen LogP contribution in [-0.4, -0.2) is 4.40 Å². The summed E-state index contributed by atoms with van der Waals surface area (Å²) in [6.07, 6.45) is 0. The van der Waals surface area contributed by atoms with Crippen molar-refractivity contribution in [2.45, 2.75) is 0 Å². The van der Waals surface area contributed by atoms with E-state index in [0.717, 1.165) is 11.4 Å². The van der Waals surface area contributed by atoms with Crippen LogP contribution in [0.2, 0.25) is 0 Å². The highest BCUT2D eigenvalue weighted by Crippen LogP contribution is 2.39. The lowest BCUT2D eigenvalue weighted by Crippen LogP contribution is -2.17. The van der Waals surface area contributed by atoms with E-state index in [1.54, 1.807) is 18.2 Å². The molecule has 0 aliphatic heterocycles. The fourth-order valence-electron chi connectivity index (χ4n) is 5.40. The number of benzene rings is 5. The molecule has 5 heteroatoms. The van der Waals surface area contributed by atoms with Gasteiger partial charge in [-0.2, -0.15) is 0 Å². The molecule has 0 unspecified atom stereocenters. The Morgan fingerprint density at radius 3 is 1.86 bits per heavy atom. The molecule has 37 heavy (non-hydrogen) atoms. The van der Waals surface area contributed by atoms with Crippen molar-refractivity contribution in [2.75, 3.05) is 4.90 Å². The number of para-hydroxylation sites is 3. The molecule has 7 rings (SSSR count). The summed E-state index contributed by atoms with van der Waals surface area (Å²) in [7, 11) is 0. The molecule has 2 heterocycles. The van der Waals surface area contributed by atoms with Crippen molar-refractivity contribution in [3.63, 3.8) is 0 Å². The van der Waals surface area contributed by atoms with Gasteiger partial charge in [0.1, 0.15) is 5.82 Å². The highest BCUT2D eigenvalue weighted by Gasteiger charge is 2.22. The number of anilines is 3. The summed E-state index contributed by atoms with van der Waals surface area (Å²) in [4.78, 5) is 29.6. The van der Waals surface area contributed by atoms with Crippen molar-refractivity contribution in [1.29, 1.82) is 0 Å². The standard InChI is InChI=1S/C32H19FN2O2/c33-20-17-18-23-28(19-20)35-27-16-8-15-26(29(27)32(37)25-14-7-13-24(30(25)35)31(23)36)34(21-9-3-1-4-10-21)22-11-5-2-6-12-22/h1-19H. The molecule has 5 aromatic carbocycles. The minimum absolute atomic E-state index is 0.178. The normalized spacial score (nSPS) is 11.6. The van der Waals surface area contributed by atoms with E-state index in [4.69, 9.17) is 0 Å². The van der Waals surface area contributed by atoms with Gasteiger partial charge < -0.3 is 9.30 Å². The van der Waals surface area contributed by atoms with Gasteiger partial charge in [0, 0.05) is 27.5 Å². The van der Waals surface area contributed by atoms with Gasteiger partial charge in [0.2, 0.25) is 0 Å².